The van der Waals surface area contributed by atoms with Crippen molar-refractivity contribution in [3.63, 3.8) is 0 Å². The van der Waals surface area contributed by atoms with E-state index < -0.39 is 0 Å². The zero-order valence-corrected chi connectivity index (χ0v) is 8.05. The lowest BCUT2D eigenvalue weighted by atomic mass is 9.72. The van der Waals surface area contributed by atoms with E-state index in [4.69, 9.17) is 0 Å². The van der Waals surface area contributed by atoms with Crippen LogP contribution in [0.3, 0.4) is 0 Å². The quantitative estimate of drug-likeness (QED) is 0.503. The largest absolute Gasteiger partial charge is 0.299 e. The molecular weight excluding hydrogens is 148 g/mol. The molecule has 0 aromatic carbocycles. The maximum atomic E-state index is 11.6. The number of rotatable bonds is 0. The van der Waals surface area contributed by atoms with Crippen molar-refractivity contribution in [1.82, 2.24) is 0 Å². The highest BCUT2D eigenvalue weighted by atomic mass is 16.1. The van der Waals surface area contributed by atoms with Gasteiger partial charge in [-0.2, -0.15) is 0 Å². The second-order valence-corrected chi connectivity index (χ2v) is 4.95. The van der Waals surface area contributed by atoms with E-state index in [1.807, 2.05) is 0 Å². The minimum Gasteiger partial charge on any atom is -0.299 e. The van der Waals surface area contributed by atoms with Crippen molar-refractivity contribution >= 4 is 5.78 Å². The number of hydrogen-bond acceptors (Lipinski definition) is 1. The molecule has 0 aromatic rings. The summed E-state index contributed by atoms with van der Waals surface area (Å²) in [6, 6.07) is 0. The molecule has 1 fully saturated rings. The Morgan fingerprint density at radius 1 is 1.33 bits per heavy atom. The molecule has 2 atom stereocenters. The van der Waals surface area contributed by atoms with Crippen LogP contribution in [0.4, 0.5) is 0 Å². The van der Waals surface area contributed by atoms with Gasteiger partial charge in [0.2, 0.25) is 0 Å². The molecule has 0 aromatic heterocycles. The van der Waals surface area contributed by atoms with Crippen molar-refractivity contribution < 1.29 is 4.79 Å². The highest BCUT2D eigenvalue weighted by Crippen LogP contribution is 2.55. The van der Waals surface area contributed by atoms with Gasteiger partial charge in [0.1, 0.15) is 5.78 Å². The van der Waals surface area contributed by atoms with Crippen molar-refractivity contribution in [2.45, 2.75) is 33.6 Å². The molecule has 2 rings (SSSR count). The van der Waals surface area contributed by atoms with Gasteiger partial charge in [-0.1, -0.05) is 26.0 Å². The molecule has 12 heavy (non-hydrogen) atoms. The molecular formula is C11H16O. The van der Waals surface area contributed by atoms with E-state index >= 15 is 0 Å². The first-order valence-corrected chi connectivity index (χ1v) is 4.70. The lowest BCUT2D eigenvalue weighted by Gasteiger charge is -2.30. The predicted octanol–water partition coefficient (Wildman–Crippen LogP) is 2.57. The zero-order valence-electron chi connectivity index (χ0n) is 8.05. The summed E-state index contributed by atoms with van der Waals surface area (Å²) in [6.45, 7) is 6.56. The molecule has 0 saturated heterocycles. The Bertz CT molecular complexity index is 262. The van der Waals surface area contributed by atoms with Crippen LogP contribution in [0.15, 0.2) is 12.2 Å². The smallest absolute Gasteiger partial charge is 0.142 e. The van der Waals surface area contributed by atoms with E-state index in [0.717, 1.165) is 12.8 Å². The third kappa shape index (κ3) is 0.769. The van der Waals surface area contributed by atoms with Gasteiger partial charge < -0.3 is 0 Å². The highest BCUT2D eigenvalue weighted by Gasteiger charge is 2.53. The SMILES string of the molecule is CC1(C)C=CC2(C)C(=O)CCC12. The van der Waals surface area contributed by atoms with Crippen LogP contribution in [0.2, 0.25) is 0 Å². The number of carbonyl (C=O) groups is 1. The third-order valence-corrected chi connectivity index (χ3v) is 3.74. The van der Waals surface area contributed by atoms with Crippen molar-refractivity contribution in [3.8, 4) is 0 Å². The predicted molar refractivity (Wildman–Crippen MR) is 48.8 cm³/mol. The van der Waals surface area contributed by atoms with E-state index in [0.29, 0.717) is 11.7 Å². The summed E-state index contributed by atoms with van der Waals surface area (Å²) >= 11 is 0. The Hall–Kier alpha value is -0.590. The first kappa shape index (κ1) is 8.03. The van der Waals surface area contributed by atoms with Gasteiger partial charge in [0, 0.05) is 11.8 Å². The Morgan fingerprint density at radius 2 is 2.00 bits per heavy atom. The molecule has 0 heterocycles. The van der Waals surface area contributed by atoms with Crippen LogP contribution in [0, 0.1) is 16.7 Å². The van der Waals surface area contributed by atoms with Gasteiger partial charge in [-0.25, -0.2) is 0 Å². The van der Waals surface area contributed by atoms with E-state index in [1.165, 1.54) is 0 Å². The second kappa shape index (κ2) is 2.01. The summed E-state index contributed by atoms with van der Waals surface area (Å²) in [6.07, 6.45) is 6.21. The third-order valence-electron chi connectivity index (χ3n) is 3.74. The van der Waals surface area contributed by atoms with Gasteiger partial charge in [0.25, 0.3) is 0 Å². The van der Waals surface area contributed by atoms with Crippen molar-refractivity contribution in [2.24, 2.45) is 16.7 Å². The second-order valence-electron chi connectivity index (χ2n) is 4.95. The van der Waals surface area contributed by atoms with Crippen LogP contribution in [0.1, 0.15) is 33.6 Å². The molecule has 1 heteroatoms. The Kier molecular flexibility index (Phi) is 1.35. The first-order valence-electron chi connectivity index (χ1n) is 4.70. The summed E-state index contributed by atoms with van der Waals surface area (Å²) in [4.78, 5) is 11.6. The topological polar surface area (TPSA) is 17.1 Å². The van der Waals surface area contributed by atoms with Gasteiger partial charge in [-0.15, -0.1) is 0 Å². The normalized spacial score (nSPS) is 43.6. The maximum absolute atomic E-state index is 11.6. The molecule has 2 aliphatic carbocycles. The Labute approximate surface area is 73.8 Å². The standard InChI is InChI=1S/C11H16O/c1-10(2)6-7-11(3)8(10)4-5-9(11)12/h6-8H,4-5H2,1-3H3. The fourth-order valence-electron chi connectivity index (χ4n) is 2.90. The van der Waals surface area contributed by atoms with Crippen LogP contribution in [0.5, 0.6) is 0 Å². The van der Waals surface area contributed by atoms with Gasteiger partial charge in [-0.05, 0) is 24.7 Å². The average Bonchev–Trinajstić information content (AvgIpc) is 2.37. The van der Waals surface area contributed by atoms with Crippen molar-refractivity contribution in [1.29, 1.82) is 0 Å². The van der Waals surface area contributed by atoms with Crippen LogP contribution >= 0.6 is 0 Å². The summed E-state index contributed by atoms with van der Waals surface area (Å²) in [7, 11) is 0. The lowest BCUT2D eigenvalue weighted by molar-refractivity contribution is -0.124. The average molecular weight is 164 g/mol. The zero-order chi connectivity index (χ0) is 8.98. The summed E-state index contributed by atoms with van der Waals surface area (Å²) < 4.78 is 0. The molecule has 1 nitrogen and oxygen atoms in total. The fourth-order valence-corrected chi connectivity index (χ4v) is 2.90. The molecule has 0 radical (unpaired) electrons. The van der Waals surface area contributed by atoms with Crippen LogP contribution in [-0.4, -0.2) is 5.78 Å². The number of allylic oxidation sites excluding steroid dienone is 2. The molecule has 66 valence electrons. The van der Waals surface area contributed by atoms with Crippen molar-refractivity contribution in [3.05, 3.63) is 12.2 Å². The number of hydrogen-bond donors (Lipinski definition) is 0. The van der Waals surface area contributed by atoms with Gasteiger partial charge >= 0.3 is 0 Å². The van der Waals surface area contributed by atoms with Crippen LogP contribution < -0.4 is 0 Å². The van der Waals surface area contributed by atoms with Gasteiger partial charge in [-0.3, -0.25) is 4.79 Å². The fraction of sp³-hybridized carbons (Fsp3) is 0.727. The maximum Gasteiger partial charge on any atom is 0.142 e. The Morgan fingerprint density at radius 3 is 2.58 bits per heavy atom. The molecule has 2 unspecified atom stereocenters. The summed E-state index contributed by atoms with van der Waals surface area (Å²) in [5.74, 6) is 0.992. The minimum absolute atomic E-state index is 0.122. The van der Waals surface area contributed by atoms with Crippen LogP contribution in [-0.2, 0) is 4.79 Å². The van der Waals surface area contributed by atoms with E-state index in [9.17, 15) is 4.79 Å². The summed E-state index contributed by atoms with van der Waals surface area (Å²) in [5.41, 5.74) is 0.115. The monoisotopic (exact) mass is 164 g/mol. The van der Waals surface area contributed by atoms with Crippen molar-refractivity contribution in [2.75, 3.05) is 0 Å². The molecule has 1 saturated carbocycles. The van der Waals surface area contributed by atoms with Gasteiger partial charge in [0.15, 0.2) is 0 Å². The molecule has 0 N–H and O–H groups in total. The first-order chi connectivity index (χ1) is 5.47. The highest BCUT2D eigenvalue weighted by molar-refractivity contribution is 5.89. The molecule has 0 spiro atoms. The van der Waals surface area contributed by atoms with Gasteiger partial charge in [0.05, 0.1) is 0 Å². The van der Waals surface area contributed by atoms with E-state index in [-0.39, 0.29) is 10.8 Å². The Balaban J connectivity index is 2.43. The number of fused-ring (bicyclic) bond motifs is 1. The minimum atomic E-state index is -0.122. The van der Waals surface area contributed by atoms with E-state index in [2.05, 4.69) is 32.9 Å². The molecule has 0 bridgehead atoms. The number of ketones is 1. The lowest BCUT2D eigenvalue weighted by Crippen LogP contribution is -2.29. The molecule has 0 aliphatic heterocycles. The molecule has 0 amide bonds. The molecule has 2 aliphatic rings. The number of carbonyl (C=O) groups excluding carboxylic acids is 1. The number of Topliss-reactive ketones (excluding diaryl/α,β-unsaturated/α-hetero) is 1. The van der Waals surface area contributed by atoms with Crippen LogP contribution in [0.25, 0.3) is 0 Å². The summed E-state index contributed by atoms with van der Waals surface area (Å²) in [5, 5.41) is 0. The van der Waals surface area contributed by atoms with E-state index in [1.54, 1.807) is 0 Å².